The van der Waals surface area contributed by atoms with Gasteiger partial charge in [0.2, 0.25) is 5.91 Å². The number of nitrogens with one attached hydrogen (secondary N) is 2. The molecule has 1 aromatic heterocycles. The van der Waals surface area contributed by atoms with Crippen LogP contribution >= 0.6 is 24.0 Å². The lowest BCUT2D eigenvalue weighted by Crippen LogP contribution is -2.45. The number of fused-ring (bicyclic) bond motifs is 1. The Morgan fingerprint density at radius 3 is 2.87 bits per heavy atom. The summed E-state index contributed by atoms with van der Waals surface area (Å²) in [5, 5.41) is 11.1. The summed E-state index contributed by atoms with van der Waals surface area (Å²) in [7, 11) is 5.40. The quantitative estimate of drug-likeness (QED) is 0.343. The van der Waals surface area contributed by atoms with Crippen LogP contribution in [0.2, 0.25) is 0 Å². The van der Waals surface area contributed by atoms with Gasteiger partial charge in [-0.25, -0.2) is 4.99 Å². The molecule has 8 nitrogen and oxygen atoms in total. The summed E-state index contributed by atoms with van der Waals surface area (Å²) in [5.41, 5.74) is 3.22. The highest BCUT2D eigenvalue weighted by Gasteiger charge is 2.22. The zero-order chi connectivity index (χ0) is 20.8. The van der Waals surface area contributed by atoms with E-state index in [0.717, 1.165) is 35.4 Å². The number of ether oxygens (including phenoxy) is 1. The van der Waals surface area contributed by atoms with E-state index in [0.29, 0.717) is 19.1 Å². The zero-order valence-electron chi connectivity index (χ0n) is 18.0. The molecule has 164 valence electrons. The highest BCUT2D eigenvalue weighted by molar-refractivity contribution is 14.0. The van der Waals surface area contributed by atoms with Crippen LogP contribution in [-0.4, -0.2) is 53.8 Å². The van der Waals surface area contributed by atoms with Crippen LogP contribution in [0.3, 0.4) is 0 Å². The van der Waals surface area contributed by atoms with Crippen molar-refractivity contribution in [1.29, 1.82) is 0 Å². The number of benzene rings is 1. The molecular weight excluding hydrogens is 495 g/mol. The van der Waals surface area contributed by atoms with Crippen LogP contribution in [0, 0.1) is 0 Å². The minimum Gasteiger partial charge on any atom is -0.493 e. The lowest BCUT2D eigenvalue weighted by Gasteiger charge is -2.28. The molecule has 2 aromatic rings. The van der Waals surface area contributed by atoms with Gasteiger partial charge in [-0.05, 0) is 12.5 Å². The number of likely N-dealkylation sites (N-methyl/N-ethyl adjacent to an activating group) is 1. The predicted octanol–water partition coefficient (Wildman–Crippen LogP) is 2.25. The largest absolute Gasteiger partial charge is 0.493 e. The molecule has 0 saturated carbocycles. The molecule has 1 aliphatic heterocycles. The second-order valence-electron chi connectivity index (χ2n) is 7.31. The molecule has 0 bridgehead atoms. The van der Waals surface area contributed by atoms with Gasteiger partial charge >= 0.3 is 0 Å². The minimum atomic E-state index is -0.0116. The van der Waals surface area contributed by atoms with E-state index in [1.807, 2.05) is 36.1 Å². The first-order chi connectivity index (χ1) is 14.0. The fraction of sp³-hybridized carbons (Fsp3) is 0.476. The average molecular weight is 526 g/mol. The molecule has 0 radical (unpaired) electrons. The zero-order valence-corrected chi connectivity index (χ0v) is 20.3. The van der Waals surface area contributed by atoms with Crippen molar-refractivity contribution in [2.75, 3.05) is 27.2 Å². The van der Waals surface area contributed by atoms with Crippen molar-refractivity contribution in [3.63, 3.8) is 0 Å². The summed E-state index contributed by atoms with van der Waals surface area (Å²) in [6.07, 6.45) is 3.68. The maximum absolute atomic E-state index is 12.1. The Bertz CT molecular complexity index is 880. The number of rotatable bonds is 6. The van der Waals surface area contributed by atoms with Gasteiger partial charge in [0.25, 0.3) is 0 Å². The Kier molecular flexibility index (Phi) is 8.94. The van der Waals surface area contributed by atoms with E-state index in [1.54, 1.807) is 19.0 Å². The van der Waals surface area contributed by atoms with Gasteiger partial charge in [-0.1, -0.05) is 25.1 Å². The summed E-state index contributed by atoms with van der Waals surface area (Å²) >= 11 is 0. The number of para-hydroxylation sites is 1. The molecule has 1 amide bonds. The lowest BCUT2D eigenvalue weighted by atomic mass is 10.0. The molecule has 3 rings (SSSR count). The van der Waals surface area contributed by atoms with E-state index in [2.05, 4.69) is 28.7 Å². The van der Waals surface area contributed by atoms with Crippen LogP contribution in [-0.2, 0) is 24.8 Å². The second kappa shape index (κ2) is 11.2. The van der Waals surface area contributed by atoms with Crippen molar-refractivity contribution in [3.8, 4) is 5.75 Å². The molecule has 2 N–H and O–H groups in total. The number of nitrogens with zero attached hydrogens (tertiary/aromatic N) is 4. The van der Waals surface area contributed by atoms with Gasteiger partial charge in [0.1, 0.15) is 5.75 Å². The van der Waals surface area contributed by atoms with Crippen LogP contribution in [0.15, 0.2) is 35.5 Å². The molecule has 0 fully saturated rings. The SMILES string of the molecule is CCc1nn(C)cc1CN=C(NCC(=O)N(C)C)NC1CCOc2ccccc21.I. The maximum Gasteiger partial charge on any atom is 0.241 e. The standard InChI is InChI=1S/C21H30N6O2.HI/c1-5-17-15(14-27(4)25-17)12-22-21(23-13-20(28)26(2)3)24-18-10-11-29-19-9-7-6-8-16(18)19;/h6-9,14,18H,5,10-13H2,1-4H3,(H2,22,23,24);1H. The third kappa shape index (κ3) is 6.10. The number of hydrogen-bond donors (Lipinski definition) is 2. The number of aliphatic imine (C=N–C) groups is 1. The predicted molar refractivity (Wildman–Crippen MR) is 128 cm³/mol. The van der Waals surface area contributed by atoms with Gasteiger partial charge in [-0.15, -0.1) is 24.0 Å². The monoisotopic (exact) mass is 526 g/mol. The minimum absolute atomic E-state index is 0. The number of carbonyl (C=O) groups is 1. The van der Waals surface area contributed by atoms with E-state index < -0.39 is 0 Å². The fourth-order valence-electron chi connectivity index (χ4n) is 3.30. The van der Waals surface area contributed by atoms with Gasteiger partial charge in [0, 0.05) is 44.9 Å². The summed E-state index contributed by atoms with van der Waals surface area (Å²) in [6, 6.07) is 8.08. The van der Waals surface area contributed by atoms with Crippen LogP contribution in [0.25, 0.3) is 0 Å². The highest BCUT2D eigenvalue weighted by Crippen LogP contribution is 2.31. The second-order valence-corrected chi connectivity index (χ2v) is 7.31. The Morgan fingerprint density at radius 1 is 1.37 bits per heavy atom. The smallest absolute Gasteiger partial charge is 0.241 e. The molecule has 1 unspecified atom stereocenters. The molecule has 30 heavy (non-hydrogen) atoms. The van der Waals surface area contributed by atoms with Gasteiger partial charge < -0.3 is 20.3 Å². The molecule has 1 aliphatic rings. The number of aromatic nitrogens is 2. The first kappa shape index (κ1) is 24.0. The van der Waals surface area contributed by atoms with E-state index in [-0.39, 0.29) is 42.5 Å². The maximum atomic E-state index is 12.1. The third-order valence-electron chi connectivity index (χ3n) is 4.91. The molecule has 1 aromatic carbocycles. The Hall–Kier alpha value is -2.30. The van der Waals surface area contributed by atoms with Crippen molar-refractivity contribution >= 4 is 35.8 Å². The van der Waals surface area contributed by atoms with Crippen LogP contribution in [0.1, 0.15) is 36.2 Å². The van der Waals surface area contributed by atoms with Crippen molar-refractivity contribution in [2.24, 2.45) is 12.0 Å². The Morgan fingerprint density at radius 2 is 2.13 bits per heavy atom. The first-order valence-electron chi connectivity index (χ1n) is 9.96. The molecule has 0 spiro atoms. The number of amides is 1. The molecule has 0 saturated heterocycles. The molecule has 9 heteroatoms. The molecule has 0 aliphatic carbocycles. The van der Waals surface area contributed by atoms with Crippen LogP contribution < -0.4 is 15.4 Å². The lowest BCUT2D eigenvalue weighted by molar-refractivity contribution is -0.127. The summed E-state index contributed by atoms with van der Waals surface area (Å²) in [6.45, 7) is 3.40. The Balaban J connectivity index is 0.00000320. The fourth-order valence-corrected chi connectivity index (χ4v) is 3.30. The topological polar surface area (TPSA) is 83.8 Å². The summed E-state index contributed by atoms with van der Waals surface area (Å²) < 4.78 is 7.57. The summed E-state index contributed by atoms with van der Waals surface area (Å²) in [4.78, 5) is 18.4. The van der Waals surface area contributed by atoms with Gasteiger partial charge in [0.05, 0.1) is 31.4 Å². The number of carbonyl (C=O) groups excluding carboxylic acids is 1. The number of hydrogen-bond acceptors (Lipinski definition) is 4. The number of aryl methyl sites for hydroxylation is 2. The van der Waals surface area contributed by atoms with Crippen LogP contribution in [0.5, 0.6) is 5.75 Å². The van der Waals surface area contributed by atoms with E-state index in [1.165, 1.54) is 0 Å². The van der Waals surface area contributed by atoms with Crippen molar-refractivity contribution in [2.45, 2.75) is 32.4 Å². The average Bonchev–Trinajstić information content (AvgIpc) is 3.09. The van der Waals surface area contributed by atoms with Crippen LogP contribution in [0.4, 0.5) is 0 Å². The normalized spacial score (nSPS) is 15.5. The number of halogens is 1. The molecule has 2 heterocycles. The highest BCUT2D eigenvalue weighted by atomic mass is 127. The van der Waals surface area contributed by atoms with Gasteiger partial charge in [-0.2, -0.15) is 5.10 Å². The summed E-state index contributed by atoms with van der Waals surface area (Å²) in [5.74, 6) is 1.48. The number of guanidine groups is 1. The first-order valence-corrected chi connectivity index (χ1v) is 9.96. The van der Waals surface area contributed by atoms with E-state index in [9.17, 15) is 4.79 Å². The van der Waals surface area contributed by atoms with E-state index in [4.69, 9.17) is 9.73 Å². The van der Waals surface area contributed by atoms with Gasteiger partial charge in [0.15, 0.2) is 5.96 Å². The van der Waals surface area contributed by atoms with Crippen molar-refractivity contribution in [1.82, 2.24) is 25.3 Å². The van der Waals surface area contributed by atoms with E-state index >= 15 is 0 Å². The van der Waals surface area contributed by atoms with Crippen molar-refractivity contribution < 1.29 is 9.53 Å². The van der Waals surface area contributed by atoms with Crippen molar-refractivity contribution in [3.05, 3.63) is 47.3 Å². The Labute approximate surface area is 195 Å². The molecule has 1 atom stereocenters. The van der Waals surface area contributed by atoms with Gasteiger partial charge in [-0.3, -0.25) is 9.48 Å². The molecular formula is C21H31IN6O2. The third-order valence-corrected chi connectivity index (χ3v) is 4.91.